The van der Waals surface area contributed by atoms with Crippen LogP contribution < -0.4 is 10.9 Å². The lowest BCUT2D eigenvalue weighted by atomic mass is 10.0. The first-order valence-electron chi connectivity index (χ1n) is 8.21. The van der Waals surface area contributed by atoms with Gasteiger partial charge in [-0.3, -0.25) is 9.59 Å². The van der Waals surface area contributed by atoms with Crippen molar-refractivity contribution in [3.8, 4) is 0 Å². The van der Waals surface area contributed by atoms with Crippen LogP contribution in [0.15, 0.2) is 27.5 Å². The number of hydrogen-bond donors (Lipinski definition) is 1. The van der Waals surface area contributed by atoms with E-state index < -0.39 is 23.0 Å². The molecule has 1 aromatic carbocycles. The number of nitrogens with one attached hydrogen (secondary N) is 1. The summed E-state index contributed by atoms with van der Waals surface area (Å²) in [6, 6.07) is 4.15. The molecular weight excluding hydrogens is 426 g/mol. The summed E-state index contributed by atoms with van der Waals surface area (Å²) in [5.41, 5.74) is -0.793. The molecule has 1 aliphatic heterocycles. The molecule has 1 aliphatic rings. The second kappa shape index (κ2) is 8.28. The lowest BCUT2D eigenvalue weighted by Gasteiger charge is -2.17. The molecule has 2 heterocycles. The van der Waals surface area contributed by atoms with Gasteiger partial charge in [-0.2, -0.15) is 4.39 Å². The van der Waals surface area contributed by atoms with Gasteiger partial charge in [-0.05, 0) is 31.0 Å². The highest BCUT2D eigenvalue weighted by atomic mass is 79.9. The zero-order chi connectivity index (χ0) is 19.6. The monoisotopic (exact) mass is 442 g/mol. The van der Waals surface area contributed by atoms with Gasteiger partial charge in [0.25, 0.3) is 5.56 Å². The van der Waals surface area contributed by atoms with Crippen LogP contribution in [0.1, 0.15) is 22.5 Å². The van der Waals surface area contributed by atoms with Crippen molar-refractivity contribution in [3.63, 3.8) is 0 Å². The molecule has 0 atom stereocenters. The Morgan fingerprint density at radius 3 is 2.85 bits per heavy atom. The quantitative estimate of drug-likeness (QED) is 0.404. The number of carbonyl (C=O) groups excluding carboxylic acids is 1. The smallest absolute Gasteiger partial charge is 0.289 e. The van der Waals surface area contributed by atoms with E-state index in [4.69, 9.17) is 9.47 Å². The van der Waals surface area contributed by atoms with Crippen molar-refractivity contribution in [2.45, 2.75) is 19.4 Å². The second-order valence-electron chi connectivity index (χ2n) is 6.00. The van der Waals surface area contributed by atoms with Crippen LogP contribution >= 0.6 is 15.9 Å². The number of aromatic nitrogens is 1. The van der Waals surface area contributed by atoms with Crippen LogP contribution in [-0.4, -0.2) is 30.9 Å². The number of benzene rings is 1. The molecule has 0 fully saturated rings. The lowest BCUT2D eigenvalue weighted by Crippen LogP contribution is -2.28. The molecule has 0 spiro atoms. The number of fused-ring (bicyclic) bond motifs is 1. The lowest BCUT2D eigenvalue weighted by molar-refractivity contribution is -0.0237. The van der Waals surface area contributed by atoms with Gasteiger partial charge in [0.1, 0.15) is 19.2 Å². The van der Waals surface area contributed by atoms with E-state index >= 15 is 0 Å². The third-order valence-electron chi connectivity index (χ3n) is 4.22. The first-order valence-corrected chi connectivity index (χ1v) is 9.00. The number of anilines is 2. The molecule has 0 bridgehead atoms. The van der Waals surface area contributed by atoms with Gasteiger partial charge in [0.05, 0.1) is 16.9 Å². The average molecular weight is 443 g/mol. The molecule has 144 valence electrons. The van der Waals surface area contributed by atoms with Crippen LogP contribution in [0.4, 0.5) is 20.2 Å². The van der Waals surface area contributed by atoms with Gasteiger partial charge in [-0.15, -0.1) is 0 Å². The summed E-state index contributed by atoms with van der Waals surface area (Å²) in [5.74, 6) is -2.30. The average Bonchev–Trinajstić information content (AvgIpc) is 3.11. The van der Waals surface area contributed by atoms with E-state index in [-0.39, 0.29) is 30.3 Å². The van der Waals surface area contributed by atoms with E-state index in [9.17, 15) is 18.4 Å². The Balaban J connectivity index is 2.09. The zero-order valence-corrected chi connectivity index (χ0v) is 16.1. The van der Waals surface area contributed by atoms with Crippen LogP contribution in [-0.2, 0) is 22.4 Å². The normalized spacial score (nSPS) is 12.9. The molecule has 1 aromatic heterocycles. The van der Waals surface area contributed by atoms with Crippen LogP contribution in [0.2, 0.25) is 0 Å². The van der Waals surface area contributed by atoms with Gasteiger partial charge in [0, 0.05) is 23.8 Å². The standard InChI is InChI=1S/C18H17BrF2N2O4/c1-26-9-27-8-14(24)15-13-3-2-6-23(13)18(25)16(21)17(15)22-12-5-4-10(19)7-11(12)20/h4-5,7,22H,2-3,6,8-9H2,1H3. The van der Waals surface area contributed by atoms with Gasteiger partial charge >= 0.3 is 0 Å². The highest BCUT2D eigenvalue weighted by molar-refractivity contribution is 9.10. The fraction of sp³-hybridized carbons (Fsp3) is 0.333. The number of hydrogen-bond acceptors (Lipinski definition) is 5. The molecule has 1 N–H and O–H groups in total. The van der Waals surface area contributed by atoms with Crippen molar-refractivity contribution in [2.24, 2.45) is 0 Å². The second-order valence-corrected chi connectivity index (χ2v) is 6.91. The summed E-state index contributed by atoms with van der Waals surface area (Å²) in [6.45, 7) is -0.125. The van der Waals surface area contributed by atoms with Crippen LogP contribution in [0.5, 0.6) is 0 Å². The summed E-state index contributed by atoms with van der Waals surface area (Å²) in [7, 11) is 1.41. The van der Waals surface area contributed by atoms with Gasteiger partial charge in [0.15, 0.2) is 5.78 Å². The Morgan fingerprint density at radius 1 is 1.37 bits per heavy atom. The molecule has 0 aliphatic carbocycles. The van der Waals surface area contributed by atoms with E-state index in [1.54, 1.807) is 6.07 Å². The van der Waals surface area contributed by atoms with Gasteiger partial charge < -0.3 is 19.4 Å². The highest BCUT2D eigenvalue weighted by Crippen LogP contribution is 2.31. The van der Waals surface area contributed by atoms with Crippen LogP contribution in [0.3, 0.4) is 0 Å². The van der Waals surface area contributed by atoms with E-state index in [1.165, 1.54) is 23.8 Å². The molecule has 9 heteroatoms. The fourth-order valence-corrected chi connectivity index (χ4v) is 3.40. The minimum Gasteiger partial charge on any atom is -0.359 e. The summed E-state index contributed by atoms with van der Waals surface area (Å²) in [6.07, 6.45) is 1.06. The molecular formula is C18H17BrF2N2O4. The third-order valence-corrected chi connectivity index (χ3v) is 4.71. The maximum Gasteiger partial charge on any atom is 0.289 e. The topological polar surface area (TPSA) is 69.6 Å². The Bertz CT molecular complexity index is 946. The number of ether oxygens (including phenoxy) is 2. The van der Waals surface area contributed by atoms with E-state index in [1.807, 2.05) is 0 Å². The number of Topliss-reactive ketones (excluding diaryl/α,β-unsaturated/α-hetero) is 1. The number of pyridine rings is 1. The molecule has 0 amide bonds. The molecule has 0 saturated heterocycles. The molecule has 0 unspecified atom stereocenters. The van der Waals surface area contributed by atoms with Crippen LogP contribution in [0.25, 0.3) is 0 Å². The summed E-state index contributed by atoms with van der Waals surface area (Å²) < 4.78 is 40.6. The minimum absolute atomic E-state index is 0.00280. The first-order chi connectivity index (χ1) is 12.9. The number of halogens is 3. The fourth-order valence-electron chi connectivity index (χ4n) is 3.07. The van der Waals surface area contributed by atoms with Crippen molar-refractivity contribution in [2.75, 3.05) is 25.8 Å². The molecule has 27 heavy (non-hydrogen) atoms. The predicted octanol–water partition coefficient (Wildman–Crippen LogP) is 3.38. The van der Waals surface area contributed by atoms with Crippen LogP contribution in [0, 0.1) is 11.6 Å². The largest absolute Gasteiger partial charge is 0.359 e. The number of ketones is 1. The third kappa shape index (κ3) is 3.95. The Hall–Kier alpha value is -2.10. The molecule has 2 aromatic rings. The first kappa shape index (κ1) is 19.7. The Morgan fingerprint density at radius 2 is 2.15 bits per heavy atom. The van der Waals surface area contributed by atoms with Crippen molar-refractivity contribution >= 4 is 33.1 Å². The molecule has 0 saturated carbocycles. The molecule has 0 radical (unpaired) electrons. The summed E-state index contributed by atoms with van der Waals surface area (Å²) >= 11 is 3.14. The number of carbonyl (C=O) groups is 1. The van der Waals surface area contributed by atoms with Crippen molar-refractivity contribution in [1.29, 1.82) is 0 Å². The Labute approximate surface area is 162 Å². The van der Waals surface area contributed by atoms with E-state index in [0.717, 1.165) is 0 Å². The maximum absolute atomic E-state index is 14.8. The number of methoxy groups -OCH3 is 1. The van der Waals surface area contributed by atoms with Gasteiger partial charge in [-0.1, -0.05) is 15.9 Å². The van der Waals surface area contributed by atoms with Crippen molar-refractivity contribution in [3.05, 3.63) is 55.9 Å². The number of rotatable bonds is 7. The Kier molecular flexibility index (Phi) is 6.03. The molecule has 6 nitrogen and oxygen atoms in total. The highest BCUT2D eigenvalue weighted by Gasteiger charge is 2.29. The number of nitrogens with zero attached hydrogens (tertiary/aromatic N) is 1. The van der Waals surface area contributed by atoms with Gasteiger partial charge in [-0.25, -0.2) is 4.39 Å². The maximum atomic E-state index is 14.8. The van der Waals surface area contributed by atoms with E-state index in [2.05, 4.69) is 21.2 Å². The van der Waals surface area contributed by atoms with Crippen molar-refractivity contribution < 1.29 is 23.0 Å². The predicted molar refractivity (Wildman–Crippen MR) is 98.5 cm³/mol. The van der Waals surface area contributed by atoms with E-state index in [0.29, 0.717) is 29.6 Å². The zero-order valence-electron chi connectivity index (χ0n) is 14.5. The summed E-state index contributed by atoms with van der Waals surface area (Å²) in [4.78, 5) is 25.0. The van der Waals surface area contributed by atoms with Gasteiger partial charge in [0.2, 0.25) is 5.82 Å². The summed E-state index contributed by atoms with van der Waals surface area (Å²) in [5, 5.41) is 2.59. The van der Waals surface area contributed by atoms with Crippen molar-refractivity contribution in [1.82, 2.24) is 4.57 Å². The molecule has 3 rings (SSSR count). The SMILES string of the molecule is COCOCC(=O)c1c(Nc2ccc(Br)cc2F)c(F)c(=O)n2c1CCC2. The minimum atomic E-state index is -1.13.